The number of aromatic amines is 1. The van der Waals surface area contributed by atoms with Crippen LogP contribution in [0.5, 0.6) is 0 Å². The minimum atomic E-state index is -4.80. The van der Waals surface area contributed by atoms with E-state index in [1.165, 1.54) is 0 Å². The Balaban J connectivity index is 1.40. The highest BCUT2D eigenvalue weighted by Crippen LogP contribution is 2.33. The zero-order chi connectivity index (χ0) is 24.5. The molecule has 0 saturated carbocycles. The summed E-state index contributed by atoms with van der Waals surface area (Å²) in [5, 5.41) is 14.9. The van der Waals surface area contributed by atoms with E-state index in [1.807, 2.05) is 16.1 Å². The molecule has 1 N–H and O–H groups in total. The summed E-state index contributed by atoms with van der Waals surface area (Å²) in [6.45, 7) is 2.04. The van der Waals surface area contributed by atoms with Crippen LogP contribution in [0.15, 0.2) is 23.1 Å². The largest absolute Gasteiger partial charge is 0.421 e. The number of carbonyl (C=O) groups is 1. The van der Waals surface area contributed by atoms with E-state index in [0.717, 1.165) is 18.3 Å². The van der Waals surface area contributed by atoms with Gasteiger partial charge in [0.2, 0.25) is 5.91 Å². The number of nitriles is 1. The molecule has 0 aromatic carbocycles. The monoisotopic (exact) mass is 479 g/mol. The highest BCUT2D eigenvalue weighted by molar-refractivity contribution is 5.78. The van der Waals surface area contributed by atoms with Crippen LogP contribution in [0, 0.1) is 17.1 Å². The van der Waals surface area contributed by atoms with Gasteiger partial charge in [0, 0.05) is 26.2 Å². The lowest BCUT2D eigenvalue weighted by Crippen LogP contribution is -2.51. The fourth-order valence-electron chi connectivity index (χ4n) is 4.36. The van der Waals surface area contributed by atoms with Crippen molar-refractivity contribution in [2.45, 2.75) is 25.1 Å². The quantitative estimate of drug-likeness (QED) is 0.665. The van der Waals surface area contributed by atoms with Crippen molar-refractivity contribution in [2.75, 3.05) is 44.2 Å². The fraction of sp³-hybridized carbons (Fsp3) is 0.476. The zero-order valence-corrected chi connectivity index (χ0v) is 18.0. The maximum Gasteiger partial charge on any atom is 0.421 e. The molecule has 13 heteroatoms. The van der Waals surface area contributed by atoms with Crippen molar-refractivity contribution in [2.24, 2.45) is 0 Å². The van der Waals surface area contributed by atoms with Crippen molar-refractivity contribution in [3.63, 3.8) is 0 Å². The van der Waals surface area contributed by atoms with Gasteiger partial charge in [-0.05, 0) is 31.5 Å². The number of aromatic nitrogens is 3. The van der Waals surface area contributed by atoms with Crippen LogP contribution in [-0.4, -0.2) is 70.2 Å². The summed E-state index contributed by atoms with van der Waals surface area (Å²) in [7, 11) is 0. The summed E-state index contributed by atoms with van der Waals surface area (Å²) in [5.74, 6) is -0.423. The first-order valence-electron chi connectivity index (χ1n) is 10.7. The standard InChI is InChI=1S/C21H21F4N7O2/c22-14-8-13(10-26)19(27-11-14)31-6-4-30(5-7-31)18(33)12-32-3-1-2-17(32)16-9-15(21(23,24)25)20(34)29-28-16/h8-9,11,17H,1-7,12H2,(H,29,34). The van der Waals surface area contributed by atoms with Crippen molar-refractivity contribution in [1.82, 2.24) is 25.0 Å². The number of amides is 1. The topological polar surface area (TPSA) is 109 Å². The number of rotatable bonds is 4. The molecule has 2 saturated heterocycles. The lowest BCUT2D eigenvalue weighted by atomic mass is 10.1. The third-order valence-electron chi connectivity index (χ3n) is 6.06. The Morgan fingerprint density at radius 3 is 2.62 bits per heavy atom. The molecule has 9 nitrogen and oxygen atoms in total. The van der Waals surface area contributed by atoms with Gasteiger partial charge in [0.05, 0.1) is 30.0 Å². The van der Waals surface area contributed by atoms with Gasteiger partial charge in [0.1, 0.15) is 23.3 Å². The number of piperazine rings is 1. The number of nitrogens with zero attached hydrogens (tertiary/aromatic N) is 6. The van der Waals surface area contributed by atoms with E-state index in [2.05, 4.69) is 10.1 Å². The van der Waals surface area contributed by atoms with Crippen molar-refractivity contribution in [3.8, 4) is 6.07 Å². The van der Waals surface area contributed by atoms with E-state index in [1.54, 1.807) is 9.80 Å². The molecule has 2 aromatic rings. The van der Waals surface area contributed by atoms with E-state index >= 15 is 0 Å². The SMILES string of the molecule is N#Cc1cc(F)cnc1N1CCN(C(=O)CN2CCCC2c2cc(C(F)(F)F)c(=O)[nH]n2)CC1. The number of halogens is 4. The predicted molar refractivity (Wildman–Crippen MR) is 111 cm³/mol. The molecule has 0 spiro atoms. The molecule has 2 aromatic heterocycles. The molecule has 0 aliphatic carbocycles. The third-order valence-corrected chi connectivity index (χ3v) is 6.06. The van der Waals surface area contributed by atoms with Crippen LogP contribution in [0.25, 0.3) is 0 Å². The lowest BCUT2D eigenvalue weighted by Gasteiger charge is -2.36. The van der Waals surface area contributed by atoms with Crippen LogP contribution in [0.2, 0.25) is 0 Å². The summed E-state index contributed by atoms with van der Waals surface area (Å²) >= 11 is 0. The number of likely N-dealkylation sites (tertiary alicyclic amines) is 1. The highest BCUT2D eigenvalue weighted by Gasteiger charge is 2.37. The van der Waals surface area contributed by atoms with E-state index in [4.69, 9.17) is 0 Å². The molecular weight excluding hydrogens is 458 g/mol. The van der Waals surface area contributed by atoms with Gasteiger partial charge in [-0.2, -0.15) is 23.5 Å². The van der Waals surface area contributed by atoms with Gasteiger partial charge in [-0.1, -0.05) is 0 Å². The third kappa shape index (κ3) is 4.86. The molecule has 4 heterocycles. The molecule has 34 heavy (non-hydrogen) atoms. The average Bonchev–Trinajstić information content (AvgIpc) is 3.26. The summed E-state index contributed by atoms with van der Waals surface area (Å²) in [6.07, 6.45) is -2.56. The first kappa shape index (κ1) is 23.6. The molecule has 1 atom stereocenters. The molecule has 2 aliphatic rings. The Labute approximate surface area is 191 Å². The summed E-state index contributed by atoms with van der Waals surface area (Å²) in [6, 6.07) is 3.28. The summed E-state index contributed by atoms with van der Waals surface area (Å²) < 4.78 is 52.7. The van der Waals surface area contributed by atoms with Crippen LogP contribution >= 0.6 is 0 Å². The maximum absolute atomic E-state index is 13.4. The minimum absolute atomic E-state index is 0.00503. The number of H-pyrrole nitrogens is 1. The first-order chi connectivity index (χ1) is 16.2. The molecule has 2 aliphatic heterocycles. The maximum atomic E-state index is 13.4. The summed E-state index contributed by atoms with van der Waals surface area (Å²) in [5.41, 5.74) is -2.41. The van der Waals surface area contributed by atoms with E-state index < -0.39 is 29.2 Å². The van der Waals surface area contributed by atoms with Crippen LogP contribution < -0.4 is 10.5 Å². The molecule has 180 valence electrons. The number of nitrogens with one attached hydrogen (secondary N) is 1. The van der Waals surface area contributed by atoms with Gasteiger partial charge in [0.15, 0.2) is 0 Å². The van der Waals surface area contributed by atoms with Gasteiger partial charge < -0.3 is 9.80 Å². The Hall–Kier alpha value is -3.53. The molecule has 0 radical (unpaired) electrons. The molecular formula is C21H21F4N7O2. The Morgan fingerprint density at radius 1 is 1.21 bits per heavy atom. The van der Waals surface area contributed by atoms with Gasteiger partial charge >= 0.3 is 6.18 Å². The van der Waals surface area contributed by atoms with Crippen LogP contribution in [0.3, 0.4) is 0 Å². The van der Waals surface area contributed by atoms with Crippen molar-refractivity contribution >= 4 is 11.7 Å². The van der Waals surface area contributed by atoms with Crippen molar-refractivity contribution in [1.29, 1.82) is 5.26 Å². The highest BCUT2D eigenvalue weighted by atomic mass is 19.4. The second kappa shape index (κ2) is 9.38. The Morgan fingerprint density at radius 2 is 1.94 bits per heavy atom. The van der Waals surface area contributed by atoms with Crippen molar-refractivity contribution < 1.29 is 22.4 Å². The number of hydrogen-bond acceptors (Lipinski definition) is 7. The molecule has 4 rings (SSSR count). The number of carbonyl (C=O) groups excluding carboxylic acids is 1. The number of pyridine rings is 1. The number of hydrogen-bond donors (Lipinski definition) is 1. The second-order valence-corrected chi connectivity index (χ2v) is 8.17. The van der Waals surface area contributed by atoms with Gasteiger partial charge in [-0.15, -0.1) is 0 Å². The van der Waals surface area contributed by atoms with E-state index in [9.17, 15) is 32.4 Å². The molecule has 1 amide bonds. The predicted octanol–water partition coefficient (Wildman–Crippen LogP) is 1.68. The smallest absolute Gasteiger partial charge is 0.352 e. The van der Waals surface area contributed by atoms with Gasteiger partial charge in [-0.3, -0.25) is 14.5 Å². The number of anilines is 1. The first-order valence-corrected chi connectivity index (χ1v) is 10.7. The lowest BCUT2D eigenvalue weighted by molar-refractivity contribution is -0.139. The molecule has 0 bridgehead atoms. The van der Waals surface area contributed by atoms with Gasteiger partial charge in [0.25, 0.3) is 5.56 Å². The van der Waals surface area contributed by atoms with E-state index in [0.29, 0.717) is 51.4 Å². The average molecular weight is 479 g/mol. The minimum Gasteiger partial charge on any atom is -0.352 e. The second-order valence-electron chi connectivity index (χ2n) is 8.17. The molecule has 2 fully saturated rings. The van der Waals surface area contributed by atoms with Crippen LogP contribution in [-0.2, 0) is 11.0 Å². The van der Waals surface area contributed by atoms with Crippen LogP contribution in [0.4, 0.5) is 23.4 Å². The number of alkyl halides is 3. The zero-order valence-electron chi connectivity index (χ0n) is 18.0. The molecule has 1 unspecified atom stereocenters. The normalized spacial score (nSPS) is 19.3. The van der Waals surface area contributed by atoms with Crippen LogP contribution in [0.1, 0.15) is 35.7 Å². The van der Waals surface area contributed by atoms with Gasteiger partial charge in [-0.25, -0.2) is 14.5 Å². The fourth-order valence-corrected chi connectivity index (χ4v) is 4.36. The Bertz CT molecular complexity index is 1170. The summed E-state index contributed by atoms with van der Waals surface area (Å²) in [4.78, 5) is 33.7. The van der Waals surface area contributed by atoms with E-state index in [-0.39, 0.29) is 23.7 Å². The Kier molecular flexibility index (Phi) is 6.52. The van der Waals surface area contributed by atoms with Crippen molar-refractivity contribution in [3.05, 3.63) is 51.3 Å².